The van der Waals surface area contributed by atoms with Gasteiger partial charge in [-0.3, -0.25) is 14.4 Å². The molecule has 0 aliphatic carbocycles. The van der Waals surface area contributed by atoms with Crippen molar-refractivity contribution in [3.05, 3.63) is 78.2 Å². The fourth-order valence-electron chi connectivity index (χ4n) is 4.52. The van der Waals surface area contributed by atoms with Gasteiger partial charge in [-0.25, -0.2) is 4.98 Å². The minimum absolute atomic E-state index is 0.0596. The molecule has 1 aliphatic rings. The van der Waals surface area contributed by atoms with Crippen molar-refractivity contribution in [2.45, 2.75) is 50.9 Å². The van der Waals surface area contributed by atoms with Gasteiger partial charge in [0.25, 0.3) is 5.91 Å². The topological polar surface area (TPSA) is 141 Å². The number of aromatic nitrogens is 2. The largest absolute Gasteiger partial charge is 0.497 e. The van der Waals surface area contributed by atoms with Gasteiger partial charge in [-0.2, -0.15) is 0 Å². The number of nitrogens with two attached hydrogens (primary N) is 1. The van der Waals surface area contributed by atoms with E-state index in [1.165, 1.54) is 6.33 Å². The van der Waals surface area contributed by atoms with Gasteiger partial charge in [0, 0.05) is 19.3 Å². The van der Waals surface area contributed by atoms with Gasteiger partial charge >= 0.3 is 0 Å². The highest BCUT2D eigenvalue weighted by atomic mass is 16.5. The second kappa shape index (κ2) is 13.4. The average molecular weight is 563 g/mol. The molecule has 3 amide bonds. The van der Waals surface area contributed by atoms with Crippen LogP contribution in [0.15, 0.2) is 67.1 Å². The van der Waals surface area contributed by atoms with E-state index in [9.17, 15) is 14.4 Å². The number of anilines is 1. The Labute approximate surface area is 240 Å². The number of methoxy groups -OCH3 is 1. The maximum atomic E-state index is 13.6. The summed E-state index contributed by atoms with van der Waals surface area (Å²) in [6.07, 6.45) is 5.03. The van der Waals surface area contributed by atoms with E-state index in [0.717, 1.165) is 24.0 Å². The molecule has 4 rings (SSSR count). The summed E-state index contributed by atoms with van der Waals surface area (Å²) in [7, 11) is 1.58. The number of carbonyl (C=O) groups excluding carboxylic acids is 3. The SMILES string of the molecule is COc1cccc(C(C(=O)N2CCCC2)n2cnc(NC(=O)C(COCc3ccccc3)NC(=O)C(C)(C)N)c2)c1. The van der Waals surface area contributed by atoms with Crippen molar-refractivity contribution in [2.24, 2.45) is 5.73 Å². The standard InChI is InChI=1S/C30H38N6O5/c1-30(2,31)29(39)33-24(19-41-18-21-10-5-4-6-11-21)27(37)34-25-17-36(20-32-25)26(28(38)35-14-7-8-15-35)22-12-9-13-23(16-22)40-3/h4-6,9-13,16-17,20,24,26H,7-8,14-15,18-19,31H2,1-3H3,(H,33,39)(H,34,37). The number of benzene rings is 2. The second-order valence-corrected chi connectivity index (χ2v) is 10.7. The quantitative estimate of drug-likeness (QED) is 0.308. The molecule has 2 atom stereocenters. The first kappa shape index (κ1) is 29.8. The number of amides is 3. The number of carbonyl (C=O) groups is 3. The van der Waals surface area contributed by atoms with Crippen LogP contribution in [0.5, 0.6) is 5.75 Å². The third kappa shape index (κ3) is 7.92. The van der Waals surface area contributed by atoms with Crippen LogP contribution in [-0.2, 0) is 25.7 Å². The van der Waals surface area contributed by atoms with E-state index < -0.39 is 29.4 Å². The molecule has 0 bridgehead atoms. The van der Waals surface area contributed by atoms with Crippen molar-refractivity contribution in [1.82, 2.24) is 19.8 Å². The lowest BCUT2D eigenvalue weighted by molar-refractivity contribution is -0.132. The smallest absolute Gasteiger partial charge is 0.250 e. The molecular weight excluding hydrogens is 524 g/mol. The summed E-state index contributed by atoms with van der Waals surface area (Å²) < 4.78 is 12.8. The Kier molecular flexibility index (Phi) is 9.74. The fraction of sp³-hybridized carbons (Fsp3) is 0.400. The van der Waals surface area contributed by atoms with Gasteiger partial charge in [-0.15, -0.1) is 0 Å². The molecule has 11 heteroatoms. The van der Waals surface area contributed by atoms with Gasteiger partial charge in [-0.1, -0.05) is 42.5 Å². The second-order valence-electron chi connectivity index (χ2n) is 10.7. The number of hydrogen-bond donors (Lipinski definition) is 3. The Balaban J connectivity index is 1.52. The summed E-state index contributed by atoms with van der Waals surface area (Å²) in [6.45, 7) is 4.68. The molecule has 218 valence electrons. The Bertz CT molecular complexity index is 1330. The van der Waals surface area contributed by atoms with Crippen LogP contribution in [0.2, 0.25) is 0 Å². The summed E-state index contributed by atoms with van der Waals surface area (Å²) in [4.78, 5) is 45.7. The first-order valence-corrected chi connectivity index (χ1v) is 13.6. The molecule has 11 nitrogen and oxygen atoms in total. The van der Waals surface area contributed by atoms with Gasteiger partial charge in [0.2, 0.25) is 11.8 Å². The normalized spacial score (nSPS) is 14.8. The number of rotatable bonds is 12. The number of hydrogen-bond acceptors (Lipinski definition) is 7. The maximum Gasteiger partial charge on any atom is 0.250 e. The van der Waals surface area contributed by atoms with Crippen molar-refractivity contribution in [3.63, 3.8) is 0 Å². The third-order valence-electron chi connectivity index (χ3n) is 6.82. The minimum atomic E-state index is -1.20. The number of nitrogens with zero attached hydrogens (tertiary/aromatic N) is 3. The predicted molar refractivity (Wildman–Crippen MR) is 154 cm³/mol. The van der Waals surface area contributed by atoms with Gasteiger partial charge < -0.3 is 35.3 Å². The van der Waals surface area contributed by atoms with Crippen LogP contribution in [0.1, 0.15) is 43.9 Å². The molecular formula is C30H38N6O5. The van der Waals surface area contributed by atoms with Gasteiger partial charge in [0.15, 0.2) is 5.82 Å². The van der Waals surface area contributed by atoms with Crippen molar-refractivity contribution in [2.75, 3.05) is 32.1 Å². The Hall–Kier alpha value is -4.22. The zero-order chi connectivity index (χ0) is 29.4. The lowest BCUT2D eigenvalue weighted by Crippen LogP contribution is -2.56. The Morgan fingerprint density at radius 3 is 2.49 bits per heavy atom. The van der Waals surface area contributed by atoms with Crippen molar-refractivity contribution in [3.8, 4) is 5.75 Å². The zero-order valence-corrected chi connectivity index (χ0v) is 23.7. The molecule has 2 unspecified atom stereocenters. The predicted octanol–water partition coefficient (Wildman–Crippen LogP) is 2.48. The van der Waals surface area contributed by atoms with E-state index in [0.29, 0.717) is 18.8 Å². The summed E-state index contributed by atoms with van der Waals surface area (Å²) in [5.74, 6) is -0.222. The molecule has 0 spiro atoms. The van der Waals surface area contributed by atoms with E-state index in [4.69, 9.17) is 15.2 Å². The highest BCUT2D eigenvalue weighted by Crippen LogP contribution is 2.27. The van der Waals surface area contributed by atoms with Crippen molar-refractivity contribution >= 4 is 23.5 Å². The minimum Gasteiger partial charge on any atom is -0.497 e. The lowest BCUT2D eigenvalue weighted by Gasteiger charge is -2.25. The zero-order valence-electron chi connectivity index (χ0n) is 23.7. The summed E-state index contributed by atoms with van der Waals surface area (Å²) in [5.41, 5.74) is 6.42. The van der Waals surface area contributed by atoms with E-state index in [1.54, 1.807) is 31.7 Å². The molecule has 1 fully saturated rings. The number of imidazole rings is 1. The van der Waals surface area contributed by atoms with Crippen LogP contribution in [-0.4, -0.2) is 70.6 Å². The van der Waals surface area contributed by atoms with Gasteiger partial charge in [0.1, 0.15) is 17.8 Å². The molecule has 2 aromatic carbocycles. The Morgan fingerprint density at radius 1 is 1.07 bits per heavy atom. The van der Waals surface area contributed by atoms with Crippen molar-refractivity contribution in [1.29, 1.82) is 0 Å². The van der Waals surface area contributed by atoms with Crippen LogP contribution in [0, 0.1) is 0 Å². The molecule has 0 radical (unpaired) electrons. The summed E-state index contributed by atoms with van der Waals surface area (Å²) >= 11 is 0. The Morgan fingerprint density at radius 2 is 1.80 bits per heavy atom. The van der Waals surface area contributed by atoms with Crippen molar-refractivity contribution < 1.29 is 23.9 Å². The van der Waals surface area contributed by atoms with Crippen LogP contribution >= 0.6 is 0 Å². The molecule has 3 aromatic rings. The third-order valence-corrected chi connectivity index (χ3v) is 6.82. The van der Waals surface area contributed by atoms with Crippen LogP contribution in [0.25, 0.3) is 0 Å². The maximum absolute atomic E-state index is 13.6. The van der Waals surface area contributed by atoms with E-state index in [2.05, 4.69) is 15.6 Å². The average Bonchev–Trinajstić information content (AvgIpc) is 3.66. The molecule has 4 N–H and O–H groups in total. The lowest BCUT2D eigenvalue weighted by atomic mass is 10.0. The van der Waals surface area contributed by atoms with Gasteiger partial charge in [0.05, 0.1) is 32.2 Å². The van der Waals surface area contributed by atoms with E-state index >= 15 is 0 Å². The molecule has 1 saturated heterocycles. The molecule has 41 heavy (non-hydrogen) atoms. The fourth-order valence-corrected chi connectivity index (χ4v) is 4.52. The van der Waals surface area contributed by atoms with E-state index in [1.807, 2.05) is 59.5 Å². The highest BCUT2D eigenvalue weighted by molar-refractivity contribution is 5.98. The van der Waals surface area contributed by atoms with Crippen LogP contribution in [0.4, 0.5) is 5.82 Å². The first-order valence-electron chi connectivity index (χ1n) is 13.6. The number of ether oxygens (including phenoxy) is 2. The van der Waals surface area contributed by atoms with Crippen LogP contribution in [0.3, 0.4) is 0 Å². The molecule has 2 heterocycles. The molecule has 0 saturated carbocycles. The highest BCUT2D eigenvalue weighted by Gasteiger charge is 2.31. The number of nitrogens with one attached hydrogen (secondary N) is 2. The first-order chi connectivity index (χ1) is 19.7. The van der Waals surface area contributed by atoms with Crippen LogP contribution < -0.4 is 21.1 Å². The monoisotopic (exact) mass is 562 g/mol. The molecule has 1 aliphatic heterocycles. The van der Waals surface area contributed by atoms with Gasteiger partial charge in [-0.05, 0) is 49.9 Å². The summed E-state index contributed by atoms with van der Waals surface area (Å²) in [6, 6.07) is 15.1. The number of likely N-dealkylation sites (tertiary alicyclic amines) is 1. The summed E-state index contributed by atoms with van der Waals surface area (Å²) in [5, 5.41) is 5.43. The van der Waals surface area contributed by atoms with E-state index in [-0.39, 0.29) is 24.9 Å². The molecule has 1 aromatic heterocycles.